The van der Waals surface area contributed by atoms with Crippen molar-refractivity contribution in [3.63, 3.8) is 0 Å². The molecule has 5 heteroatoms. The predicted octanol–water partition coefficient (Wildman–Crippen LogP) is 1.83. The zero-order chi connectivity index (χ0) is 13.9. The lowest BCUT2D eigenvalue weighted by atomic mass is 9.84. The average Bonchev–Trinajstić information content (AvgIpc) is 2.32. The number of piperidine rings is 1. The van der Waals surface area contributed by atoms with Crippen molar-refractivity contribution in [1.29, 1.82) is 0 Å². The summed E-state index contributed by atoms with van der Waals surface area (Å²) in [5.74, 6) is 1.40. The van der Waals surface area contributed by atoms with Gasteiger partial charge in [-0.3, -0.25) is 0 Å². The van der Waals surface area contributed by atoms with Gasteiger partial charge in [0.05, 0.1) is 5.25 Å². The minimum atomic E-state index is -3.10. The van der Waals surface area contributed by atoms with Gasteiger partial charge in [0.15, 0.2) is 0 Å². The standard InChI is InChI=1S/C14H28N2O2S/c1-12(2)19(17,18)15-9-14-7-4-8-16(11-14)10-13-5-3-6-13/h12-15H,3-11H2,1-2H3. The molecular formula is C14H28N2O2S. The maximum atomic E-state index is 11.8. The summed E-state index contributed by atoms with van der Waals surface area (Å²) in [5.41, 5.74) is 0. The van der Waals surface area contributed by atoms with E-state index in [0.717, 1.165) is 18.9 Å². The molecule has 0 amide bonds. The highest BCUT2D eigenvalue weighted by Crippen LogP contribution is 2.28. The van der Waals surface area contributed by atoms with Gasteiger partial charge in [0.2, 0.25) is 10.0 Å². The molecule has 112 valence electrons. The van der Waals surface area contributed by atoms with Crippen LogP contribution >= 0.6 is 0 Å². The average molecular weight is 288 g/mol. The molecule has 0 spiro atoms. The van der Waals surface area contributed by atoms with Gasteiger partial charge in [-0.05, 0) is 57.9 Å². The summed E-state index contributed by atoms with van der Waals surface area (Å²) in [7, 11) is -3.10. The molecule has 2 aliphatic rings. The lowest BCUT2D eigenvalue weighted by molar-refractivity contribution is 0.125. The number of sulfonamides is 1. The first-order chi connectivity index (χ1) is 8.97. The molecular weight excluding hydrogens is 260 g/mol. The summed E-state index contributed by atoms with van der Waals surface area (Å²) in [4.78, 5) is 2.54. The van der Waals surface area contributed by atoms with Crippen LogP contribution in [0, 0.1) is 11.8 Å². The van der Waals surface area contributed by atoms with Crippen LogP contribution in [0.15, 0.2) is 0 Å². The van der Waals surface area contributed by atoms with Gasteiger partial charge in [0, 0.05) is 19.6 Å². The lowest BCUT2D eigenvalue weighted by Gasteiger charge is -2.37. The number of nitrogens with zero attached hydrogens (tertiary/aromatic N) is 1. The Bertz CT molecular complexity index is 377. The number of likely N-dealkylation sites (tertiary alicyclic amines) is 1. The van der Waals surface area contributed by atoms with Crippen molar-refractivity contribution in [2.75, 3.05) is 26.2 Å². The lowest BCUT2D eigenvalue weighted by Crippen LogP contribution is -2.44. The Labute approximate surface area is 118 Å². The number of hydrogen-bond acceptors (Lipinski definition) is 3. The van der Waals surface area contributed by atoms with Gasteiger partial charge in [-0.2, -0.15) is 0 Å². The van der Waals surface area contributed by atoms with Gasteiger partial charge in [0.1, 0.15) is 0 Å². The van der Waals surface area contributed by atoms with E-state index in [4.69, 9.17) is 0 Å². The van der Waals surface area contributed by atoms with Gasteiger partial charge in [-0.15, -0.1) is 0 Å². The monoisotopic (exact) mass is 288 g/mol. The molecule has 0 bridgehead atoms. The maximum Gasteiger partial charge on any atom is 0.213 e. The molecule has 1 saturated heterocycles. The molecule has 1 aliphatic heterocycles. The Balaban J connectivity index is 1.74. The van der Waals surface area contributed by atoms with Gasteiger partial charge < -0.3 is 4.90 Å². The largest absolute Gasteiger partial charge is 0.303 e. The van der Waals surface area contributed by atoms with Crippen molar-refractivity contribution < 1.29 is 8.42 Å². The van der Waals surface area contributed by atoms with E-state index in [2.05, 4.69) is 9.62 Å². The fourth-order valence-electron chi connectivity index (χ4n) is 2.92. The van der Waals surface area contributed by atoms with E-state index in [-0.39, 0.29) is 5.25 Å². The third kappa shape index (κ3) is 4.43. The van der Waals surface area contributed by atoms with E-state index in [0.29, 0.717) is 12.5 Å². The van der Waals surface area contributed by atoms with Crippen LogP contribution in [0.25, 0.3) is 0 Å². The number of nitrogens with one attached hydrogen (secondary N) is 1. The van der Waals surface area contributed by atoms with E-state index < -0.39 is 10.0 Å². The molecule has 1 unspecified atom stereocenters. The summed E-state index contributed by atoms with van der Waals surface area (Å²) in [5, 5.41) is -0.331. The number of rotatable bonds is 6. The first-order valence-electron chi connectivity index (χ1n) is 7.68. The summed E-state index contributed by atoms with van der Waals surface area (Å²) in [6.07, 6.45) is 6.54. The van der Waals surface area contributed by atoms with Crippen molar-refractivity contribution in [3.05, 3.63) is 0 Å². The first-order valence-corrected chi connectivity index (χ1v) is 9.23. The molecule has 1 saturated carbocycles. The normalized spacial score (nSPS) is 26.6. The first kappa shape index (κ1) is 15.3. The zero-order valence-electron chi connectivity index (χ0n) is 12.3. The van der Waals surface area contributed by atoms with Crippen molar-refractivity contribution in [2.45, 2.75) is 51.2 Å². The summed E-state index contributed by atoms with van der Waals surface area (Å²) in [6, 6.07) is 0. The molecule has 1 aliphatic carbocycles. The Hall–Kier alpha value is -0.130. The Morgan fingerprint density at radius 3 is 2.42 bits per heavy atom. The van der Waals surface area contributed by atoms with Crippen molar-refractivity contribution in [2.24, 2.45) is 11.8 Å². The molecule has 0 radical (unpaired) electrons. The Morgan fingerprint density at radius 1 is 1.16 bits per heavy atom. The molecule has 0 aromatic carbocycles. The number of hydrogen-bond donors (Lipinski definition) is 1. The molecule has 1 heterocycles. The van der Waals surface area contributed by atoms with E-state index in [1.165, 1.54) is 38.8 Å². The topological polar surface area (TPSA) is 49.4 Å². The van der Waals surface area contributed by atoms with Crippen LogP contribution < -0.4 is 4.72 Å². The van der Waals surface area contributed by atoms with Crippen molar-refractivity contribution in [3.8, 4) is 0 Å². The molecule has 1 atom stereocenters. The smallest absolute Gasteiger partial charge is 0.213 e. The van der Waals surface area contributed by atoms with E-state index in [1.54, 1.807) is 13.8 Å². The molecule has 2 rings (SSSR count). The second kappa shape index (κ2) is 6.55. The SMILES string of the molecule is CC(C)S(=O)(=O)NCC1CCCN(CC2CCC2)C1. The van der Waals surface area contributed by atoms with E-state index in [9.17, 15) is 8.42 Å². The van der Waals surface area contributed by atoms with Crippen LogP contribution in [-0.2, 0) is 10.0 Å². The Morgan fingerprint density at radius 2 is 1.84 bits per heavy atom. The predicted molar refractivity (Wildman–Crippen MR) is 78.6 cm³/mol. The van der Waals surface area contributed by atoms with Gasteiger partial charge in [-0.1, -0.05) is 6.42 Å². The zero-order valence-corrected chi connectivity index (χ0v) is 13.1. The molecule has 2 fully saturated rings. The molecule has 0 aromatic heterocycles. The van der Waals surface area contributed by atoms with Crippen LogP contribution in [0.4, 0.5) is 0 Å². The quantitative estimate of drug-likeness (QED) is 0.811. The third-order valence-corrected chi connectivity index (χ3v) is 6.35. The van der Waals surface area contributed by atoms with Crippen LogP contribution in [0.5, 0.6) is 0 Å². The van der Waals surface area contributed by atoms with E-state index in [1.807, 2.05) is 0 Å². The van der Waals surface area contributed by atoms with Crippen LogP contribution in [-0.4, -0.2) is 44.7 Å². The fraction of sp³-hybridized carbons (Fsp3) is 1.00. The highest BCUT2D eigenvalue weighted by Gasteiger charge is 2.26. The van der Waals surface area contributed by atoms with Gasteiger partial charge in [-0.25, -0.2) is 13.1 Å². The van der Waals surface area contributed by atoms with Crippen LogP contribution in [0.1, 0.15) is 46.0 Å². The van der Waals surface area contributed by atoms with Gasteiger partial charge in [0.25, 0.3) is 0 Å². The second-order valence-corrected chi connectivity index (χ2v) is 8.83. The molecule has 4 nitrogen and oxygen atoms in total. The maximum absolute atomic E-state index is 11.8. The van der Waals surface area contributed by atoms with Crippen molar-refractivity contribution in [1.82, 2.24) is 9.62 Å². The summed E-state index contributed by atoms with van der Waals surface area (Å²) in [6.45, 7) is 7.56. The molecule has 19 heavy (non-hydrogen) atoms. The summed E-state index contributed by atoms with van der Waals surface area (Å²) < 4.78 is 26.3. The minimum Gasteiger partial charge on any atom is -0.303 e. The Kier molecular flexibility index (Phi) is 5.26. The highest BCUT2D eigenvalue weighted by atomic mass is 32.2. The van der Waals surface area contributed by atoms with Crippen LogP contribution in [0.3, 0.4) is 0 Å². The second-order valence-electron chi connectivity index (χ2n) is 6.51. The molecule has 1 N–H and O–H groups in total. The van der Waals surface area contributed by atoms with Gasteiger partial charge >= 0.3 is 0 Å². The summed E-state index contributed by atoms with van der Waals surface area (Å²) >= 11 is 0. The van der Waals surface area contributed by atoms with Crippen molar-refractivity contribution >= 4 is 10.0 Å². The fourth-order valence-corrected chi connectivity index (χ4v) is 3.73. The van der Waals surface area contributed by atoms with E-state index >= 15 is 0 Å². The van der Waals surface area contributed by atoms with Crippen LogP contribution in [0.2, 0.25) is 0 Å². The molecule has 0 aromatic rings. The highest BCUT2D eigenvalue weighted by molar-refractivity contribution is 7.90. The minimum absolute atomic E-state index is 0.331. The third-order valence-electron chi connectivity index (χ3n) is 4.54.